The first kappa shape index (κ1) is 14.8. The molecule has 106 valence electrons. The molecular weight excluding hydrogens is 328 g/mol. The second-order valence-corrected chi connectivity index (χ2v) is 8.02. The number of benzene rings is 1. The topological polar surface area (TPSA) is 63.4 Å². The first-order chi connectivity index (χ1) is 8.91. The van der Waals surface area contributed by atoms with Crippen molar-refractivity contribution in [3.63, 3.8) is 0 Å². The summed E-state index contributed by atoms with van der Waals surface area (Å²) in [4.78, 5) is 0.258. The number of halogens is 1. The number of sulfonamides is 1. The first-order valence-corrected chi connectivity index (χ1v) is 8.66. The maximum absolute atomic E-state index is 12.4. The fourth-order valence-corrected chi connectivity index (χ4v) is 4.05. The van der Waals surface area contributed by atoms with Crippen molar-refractivity contribution in [3.05, 3.63) is 22.7 Å². The van der Waals surface area contributed by atoms with Crippen LogP contribution < -0.4 is 5.73 Å². The number of nitrogens with two attached hydrogens (primary N) is 1. The highest BCUT2D eigenvalue weighted by molar-refractivity contribution is 9.10. The van der Waals surface area contributed by atoms with Gasteiger partial charge in [-0.1, -0.05) is 12.8 Å². The third-order valence-corrected chi connectivity index (χ3v) is 6.21. The Balaban J connectivity index is 2.18. The van der Waals surface area contributed by atoms with Gasteiger partial charge in [0, 0.05) is 23.8 Å². The molecule has 1 saturated carbocycles. The van der Waals surface area contributed by atoms with E-state index in [1.54, 1.807) is 19.2 Å². The lowest BCUT2D eigenvalue weighted by Gasteiger charge is -2.21. The van der Waals surface area contributed by atoms with Crippen molar-refractivity contribution >= 4 is 31.6 Å². The van der Waals surface area contributed by atoms with E-state index in [9.17, 15) is 8.42 Å². The van der Waals surface area contributed by atoms with Gasteiger partial charge in [0.15, 0.2) is 0 Å². The number of nitrogens with zero attached hydrogens (tertiary/aromatic N) is 1. The summed E-state index contributed by atoms with van der Waals surface area (Å²) in [5.41, 5.74) is 6.19. The van der Waals surface area contributed by atoms with Crippen LogP contribution in [0.4, 0.5) is 5.69 Å². The molecule has 2 rings (SSSR count). The molecule has 0 aliphatic heterocycles. The molecule has 6 heteroatoms. The zero-order valence-electron chi connectivity index (χ0n) is 11.0. The summed E-state index contributed by atoms with van der Waals surface area (Å²) in [6.45, 7) is 0.596. The van der Waals surface area contributed by atoms with Crippen molar-refractivity contribution in [2.75, 3.05) is 19.3 Å². The maximum atomic E-state index is 12.4. The Kier molecular flexibility index (Phi) is 4.53. The van der Waals surface area contributed by atoms with E-state index in [4.69, 9.17) is 5.73 Å². The van der Waals surface area contributed by atoms with E-state index in [2.05, 4.69) is 15.9 Å². The van der Waals surface area contributed by atoms with Gasteiger partial charge in [-0.3, -0.25) is 0 Å². The number of anilines is 1. The van der Waals surface area contributed by atoms with E-state index >= 15 is 0 Å². The van der Waals surface area contributed by atoms with Gasteiger partial charge in [0.05, 0.1) is 4.90 Å². The number of nitrogen functional groups attached to an aromatic ring is 1. The average molecular weight is 347 g/mol. The third kappa shape index (κ3) is 3.30. The molecule has 1 aromatic carbocycles. The van der Waals surface area contributed by atoms with Crippen molar-refractivity contribution < 1.29 is 8.42 Å². The Hall–Kier alpha value is -0.590. The number of rotatable bonds is 4. The van der Waals surface area contributed by atoms with Crippen molar-refractivity contribution in [1.29, 1.82) is 0 Å². The molecule has 4 nitrogen and oxygen atoms in total. The second kappa shape index (κ2) is 5.81. The largest absolute Gasteiger partial charge is 0.398 e. The van der Waals surface area contributed by atoms with Crippen LogP contribution >= 0.6 is 15.9 Å². The van der Waals surface area contributed by atoms with E-state index in [1.807, 2.05) is 0 Å². The summed E-state index contributed by atoms with van der Waals surface area (Å²) in [6.07, 6.45) is 4.68. The highest BCUT2D eigenvalue weighted by Crippen LogP contribution is 2.28. The first-order valence-electron chi connectivity index (χ1n) is 6.42. The van der Waals surface area contributed by atoms with Gasteiger partial charge in [-0.25, -0.2) is 12.7 Å². The standard InChI is InChI=1S/C13H19BrN2O2S/c1-16(9-10-4-2-3-5-10)19(17,18)11-6-7-12(14)13(15)8-11/h6-8,10H,2-5,9,15H2,1H3. The van der Waals surface area contributed by atoms with E-state index in [1.165, 1.54) is 23.2 Å². The van der Waals surface area contributed by atoms with Crippen LogP contribution in [0.25, 0.3) is 0 Å². The molecule has 0 unspecified atom stereocenters. The van der Waals surface area contributed by atoms with Crippen LogP contribution in [0.1, 0.15) is 25.7 Å². The minimum absolute atomic E-state index is 0.258. The molecule has 2 N–H and O–H groups in total. The highest BCUT2D eigenvalue weighted by Gasteiger charge is 2.25. The van der Waals surface area contributed by atoms with E-state index in [0.29, 0.717) is 22.6 Å². The molecule has 0 amide bonds. The molecule has 0 bridgehead atoms. The fraction of sp³-hybridized carbons (Fsp3) is 0.538. The molecule has 0 radical (unpaired) electrons. The molecule has 0 heterocycles. The van der Waals surface area contributed by atoms with Crippen molar-refractivity contribution in [3.8, 4) is 0 Å². The predicted octanol–water partition coefficient (Wildman–Crippen LogP) is 2.84. The van der Waals surface area contributed by atoms with Gasteiger partial charge < -0.3 is 5.73 Å². The Labute approximate surface area is 123 Å². The zero-order valence-corrected chi connectivity index (χ0v) is 13.4. The molecule has 0 aromatic heterocycles. The minimum atomic E-state index is -3.43. The molecular formula is C13H19BrN2O2S. The summed E-state index contributed by atoms with van der Waals surface area (Å²) in [7, 11) is -1.79. The van der Waals surface area contributed by atoms with Gasteiger partial charge in [-0.05, 0) is 52.9 Å². The lowest BCUT2D eigenvalue weighted by molar-refractivity contribution is 0.387. The van der Waals surface area contributed by atoms with E-state index in [0.717, 1.165) is 12.8 Å². The van der Waals surface area contributed by atoms with Crippen LogP contribution in [0.5, 0.6) is 0 Å². The number of hydrogen-bond acceptors (Lipinski definition) is 3. The summed E-state index contributed by atoms with van der Waals surface area (Å²) < 4.78 is 27.0. The van der Waals surface area contributed by atoms with Crippen molar-refractivity contribution in [1.82, 2.24) is 4.31 Å². The summed E-state index contributed by atoms with van der Waals surface area (Å²) in [6, 6.07) is 4.76. The SMILES string of the molecule is CN(CC1CCCC1)S(=O)(=O)c1ccc(Br)c(N)c1. The average Bonchev–Trinajstić information content (AvgIpc) is 2.85. The Morgan fingerprint density at radius 1 is 1.37 bits per heavy atom. The van der Waals surface area contributed by atoms with Gasteiger partial charge in [-0.2, -0.15) is 0 Å². The molecule has 0 spiro atoms. The Morgan fingerprint density at radius 2 is 2.00 bits per heavy atom. The normalized spacial score (nSPS) is 17.2. The van der Waals surface area contributed by atoms with Crippen molar-refractivity contribution in [2.45, 2.75) is 30.6 Å². The molecule has 19 heavy (non-hydrogen) atoms. The van der Waals surface area contributed by atoms with Crippen LogP contribution in [0.3, 0.4) is 0 Å². The van der Waals surface area contributed by atoms with Gasteiger partial charge in [0.1, 0.15) is 0 Å². The highest BCUT2D eigenvalue weighted by atomic mass is 79.9. The van der Waals surface area contributed by atoms with Crippen LogP contribution in [-0.4, -0.2) is 26.3 Å². The quantitative estimate of drug-likeness (QED) is 0.852. The van der Waals surface area contributed by atoms with E-state index in [-0.39, 0.29) is 4.90 Å². The lowest BCUT2D eigenvalue weighted by Crippen LogP contribution is -2.31. The minimum Gasteiger partial charge on any atom is -0.398 e. The van der Waals surface area contributed by atoms with Crippen LogP contribution in [-0.2, 0) is 10.0 Å². The molecule has 0 saturated heterocycles. The smallest absolute Gasteiger partial charge is 0.242 e. The Morgan fingerprint density at radius 3 is 2.58 bits per heavy atom. The van der Waals surface area contributed by atoms with Crippen molar-refractivity contribution in [2.24, 2.45) is 5.92 Å². The third-order valence-electron chi connectivity index (χ3n) is 3.67. The summed E-state index contributed by atoms with van der Waals surface area (Å²) in [5, 5.41) is 0. The van der Waals surface area contributed by atoms with Gasteiger partial charge >= 0.3 is 0 Å². The van der Waals surface area contributed by atoms with Crippen LogP contribution in [0, 0.1) is 5.92 Å². The molecule has 1 aliphatic rings. The molecule has 0 atom stereocenters. The zero-order chi connectivity index (χ0) is 14.0. The molecule has 1 aromatic rings. The monoisotopic (exact) mass is 346 g/mol. The van der Waals surface area contributed by atoms with E-state index < -0.39 is 10.0 Å². The van der Waals surface area contributed by atoms with Crippen LogP contribution in [0.2, 0.25) is 0 Å². The predicted molar refractivity (Wildman–Crippen MR) is 80.3 cm³/mol. The fourth-order valence-electron chi connectivity index (χ4n) is 2.52. The van der Waals surface area contributed by atoms with Gasteiger partial charge in [0.2, 0.25) is 10.0 Å². The van der Waals surface area contributed by atoms with Crippen LogP contribution in [0.15, 0.2) is 27.6 Å². The summed E-state index contributed by atoms with van der Waals surface area (Å²) in [5.74, 6) is 0.493. The Bertz CT molecular complexity index is 554. The van der Waals surface area contributed by atoms with Gasteiger partial charge in [-0.15, -0.1) is 0 Å². The molecule has 1 fully saturated rings. The van der Waals surface area contributed by atoms with Gasteiger partial charge in [0.25, 0.3) is 0 Å². The number of hydrogen-bond donors (Lipinski definition) is 1. The molecule has 1 aliphatic carbocycles. The second-order valence-electron chi connectivity index (χ2n) is 5.12. The maximum Gasteiger partial charge on any atom is 0.242 e. The summed E-state index contributed by atoms with van der Waals surface area (Å²) >= 11 is 3.27. The lowest BCUT2D eigenvalue weighted by atomic mass is 10.1.